The van der Waals surface area contributed by atoms with Gasteiger partial charge < -0.3 is 15.3 Å². The van der Waals surface area contributed by atoms with Gasteiger partial charge in [-0.15, -0.1) is 0 Å². The first-order valence-electron chi connectivity index (χ1n) is 10.0. The van der Waals surface area contributed by atoms with Gasteiger partial charge >= 0.3 is 0 Å². The molecule has 1 fully saturated rings. The molecule has 1 aliphatic heterocycles. The molecule has 0 aliphatic carbocycles. The Kier molecular flexibility index (Phi) is 4.67. The van der Waals surface area contributed by atoms with Gasteiger partial charge in [0.25, 0.3) is 5.91 Å². The third-order valence-corrected chi connectivity index (χ3v) is 5.44. The molecule has 1 aliphatic rings. The van der Waals surface area contributed by atoms with E-state index in [9.17, 15) is 9.90 Å². The molecule has 5 heterocycles. The van der Waals surface area contributed by atoms with E-state index in [4.69, 9.17) is 0 Å². The van der Waals surface area contributed by atoms with Gasteiger partial charge in [0.05, 0.1) is 5.69 Å². The summed E-state index contributed by atoms with van der Waals surface area (Å²) in [6, 6.07) is 7.14. The van der Waals surface area contributed by atoms with Crippen LogP contribution in [0.25, 0.3) is 17.1 Å². The number of hydrogen-bond acceptors (Lipinski definition) is 8. The summed E-state index contributed by atoms with van der Waals surface area (Å²) in [7, 11) is 3.51. The zero-order chi connectivity index (χ0) is 22.3. The Morgan fingerprint density at radius 2 is 2.00 bits per heavy atom. The van der Waals surface area contributed by atoms with E-state index in [1.807, 2.05) is 25.4 Å². The average Bonchev–Trinajstić information content (AvgIpc) is 3.52. The van der Waals surface area contributed by atoms with E-state index in [-0.39, 0.29) is 5.91 Å². The minimum atomic E-state index is -1.56. The highest BCUT2D eigenvalue weighted by atomic mass is 16.3. The van der Waals surface area contributed by atoms with Crippen LogP contribution in [0.2, 0.25) is 0 Å². The Bertz CT molecular complexity index is 1300. The molecule has 1 atom stereocenters. The first-order valence-corrected chi connectivity index (χ1v) is 10.0. The molecular weight excluding hydrogens is 410 g/mol. The third-order valence-electron chi connectivity index (χ3n) is 5.44. The fraction of sp³-hybridized carbons (Fsp3) is 0.238. The molecule has 1 saturated heterocycles. The maximum atomic E-state index is 12.4. The van der Waals surface area contributed by atoms with Gasteiger partial charge in [-0.05, 0) is 12.1 Å². The van der Waals surface area contributed by atoms with Crippen LogP contribution in [0.1, 0.15) is 12.0 Å². The highest BCUT2D eigenvalue weighted by molar-refractivity contribution is 5.88. The number of rotatable bonds is 5. The normalized spacial score (nSPS) is 18.3. The van der Waals surface area contributed by atoms with Gasteiger partial charge in [-0.1, -0.05) is 0 Å². The number of anilines is 2. The molecule has 0 radical (unpaired) electrons. The summed E-state index contributed by atoms with van der Waals surface area (Å²) in [6.45, 7) is 0.497. The lowest BCUT2D eigenvalue weighted by molar-refractivity contribution is -0.143. The first-order chi connectivity index (χ1) is 15.4. The van der Waals surface area contributed by atoms with Gasteiger partial charge in [0.2, 0.25) is 5.95 Å². The number of nitrogens with zero attached hydrogens (tertiary/aromatic N) is 8. The van der Waals surface area contributed by atoms with E-state index >= 15 is 0 Å². The predicted molar refractivity (Wildman–Crippen MR) is 115 cm³/mol. The van der Waals surface area contributed by atoms with Crippen LogP contribution in [0.15, 0.2) is 55.2 Å². The molecule has 32 heavy (non-hydrogen) atoms. The Morgan fingerprint density at radius 1 is 1.12 bits per heavy atom. The zero-order valence-corrected chi connectivity index (χ0v) is 17.5. The van der Waals surface area contributed by atoms with Gasteiger partial charge in [0.15, 0.2) is 17.2 Å². The van der Waals surface area contributed by atoms with Crippen LogP contribution in [-0.4, -0.2) is 64.0 Å². The number of amides is 1. The fourth-order valence-corrected chi connectivity index (χ4v) is 3.67. The molecule has 5 rings (SSSR count). The van der Waals surface area contributed by atoms with Crippen molar-refractivity contribution in [3.63, 3.8) is 0 Å². The standard InChI is InChI=1S/C21H21N9O2/c1-28-10-6-21(32,19(28)31)15-11-14(12-22-13-15)16-4-9-30(26-16)18-3-7-23-20(25-18)24-17-5-8-29(2)27-17/h3-5,7-9,11-13,32H,6,10H2,1-2H3,(H,23,24,25,27)/t21-/m1/s1. The summed E-state index contributed by atoms with van der Waals surface area (Å²) in [5.74, 6) is 1.28. The number of nitrogens with one attached hydrogen (secondary N) is 1. The summed E-state index contributed by atoms with van der Waals surface area (Å²) in [5, 5.41) is 22.8. The number of carbonyl (C=O) groups excluding carboxylic acids is 1. The number of aromatic nitrogens is 7. The van der Waals surface area contributed by atoms with Crippen LogP contribution in [0.5, 0.6) is 0 Å². The molecule has 11 heteroatoms. The molecule has 0 saturated carbocycles. The topological polar surface area (TPSA) is 127 Å². The number of likely N-dealkylation sites (tertiary alicyclic amines) is 1. The van der Waals surface area contributed by atoms with Gasteiger partial charge in [0.1, 0.15) is 0 Å². The van der Waals surface area contributed by atoms with Gasteiger partial charge in [-0.3, -0.25) is 14.5 Å². The van der Waals surface area contributed by atoms with E-state index in [0.717, 1.165) is 0 Å². The van der Waals surface area contributed by atoms with Crippen molar-refractivity contribution in [1.29, 1.82) is 0 Å². The van der Waals surface area contributed by atoms with E-state index in [1.165, 1.54) is 11.1 Å². The van der Waals surface area contributed by atoms with E-state index in [2.05, 4.69) is 30.5 Å². The second kappa shape index (κ2) is 7.54. The van der Waals surface area contributed by atoms with E-state index < -0.39 is 5.60 Å². The molecule has 1 amide bonds. The van der Waals surface area contributed by atoms with Crippen LogP contribution in [0.4, 0.5) is 11.8 Å². The maximum absolute atomic E-state index is 12.4. The van der Waals surface area contributed by atoms with Crippen LogP contribution in [-0.2, 0) is 17.4 Å². The fourth-order valence-electron chi connectivity index (χ4n) is 3.67. The van der Waals surface area contributed by atoms with Crippen molar-refractivity contribution in [2.75, 3.05) is 18.9 Å². The van der Waals surface area contributed by atoms with Crippen molar-refractivity contribution in [2.24, 2.45) is 7.05 Å². The number of hydrogen-bond donors (Lipinski definition) is 2. The molecule has 0 spiro atoms. The number of likely N-dealkylation sites (N-methyl/N-ethyl adjacent to an activating group) is 1. The van der Waals surface area contributed by atoms with Crippen molar-refractivity contribution in [3.8, 4) is 17.1 Å². The summed E-state index contributed by atoms with van der Waals surface area (Å²) >= 11 is 0. The lowest BCUT2D eigenvalue weighted by Gasteiger charge is -2.21. The zero-order valence-electron chi connectivity index (χ0n) is 17.5. The van der Waals surface area contributed by atoms with Gasteiger partial charge in [0, 0.05) is 81.3 Å². The summed E-state index contributed by atoms with van der Waals surface area (Å²) < 4.78 is 3.30. The lowest BCUT2D eigenvalue weighted by Crippen LogP contribution is -2.36. The minimum Gasteiger partial charge on any atom is -0.375 e. The van der Waals surface area contributed by atoms with Crippen molar-refractivity contribution in [3.05, 3.63) is 60.8 Å². The van der Waals surface area contributed by atoms with Crippen LogP contribution in [0.3, 0.4) is 0 Å². The van der Waals surface area contributed by atoms with E-state index in [1.54, 1.807) is 47.1 Å². The number of aliphatic hydroxyl groups is 1. The molecule has 0 bridgehead atoms. The number of aryl methyl sites for hydroxylation is 1. The Labute approximate surface area is 183 Å². The highest BCUT2D eigenvalue weighted by Gasteiger charge is 2.45. The predicted octanol–water partition coefficient (Wildman–Crippen LogP) is 1.25. The quantitative estimate of drug-likeness (QED) is 0.483. The van der Waals surface area contributed by atoms with Crippen molar-refractivity contribution in [2.45, 2.75) is 12.0 Å². The molecule has 2 N–H and O–H groups in total. The number of pyridine rings is 1. The van der Waals surface area contributed by atoms with Crippen molar-refractivity contribution < 1.29 is 9.90 Å². The lowest BCUT2D eigenvalue weighted by atomic mass is 9.92. The molecule has 0 unspecified atom stereocenters. The monoisotopic (exact) mass is 431 g/mol. The Balaban J connectivity index is 1.41. The second-order valence-electron chi connectivity index (χ2n) is 7.68. The largest absolute Gasteiger partial charge is 0.375 e. The van der Waals surface area contributed by atoms with Gasteiger partial charge in [-0.2, -0.15) is 15.2 Å². The van der Waals surface area contributed by atoms with Crippen molar-refractivity contribution >= 4 is 17.7 Å². The van der Waals surface area contributed by atoms with Gasteiger partial charge in [-0.25, -0.2) is 9.67 Å². The summed E-state index contributed by atoms with van der Waals surface area (Å²) in [5.41, 5.74) is 0.235. The summed E-state index contributed by atoms with van der Waals surface area (Å²) in [6.07, 6.45) is 8.73. The number of carbonyl (C=O) groups is 1. The second-order valence-corrected chi connectivity index (χ2v) is 7.68. The minimum absolute atomic E-state index is 0.323. The maximum Gasteiger partial charge on any atom is 0.259 e. The van der Waals surface area contributed by atoms with Crippen LogP contribution in [0, 0.1) is 0 Å². The Hall–Kier alpha value is -4.12. The third kappa shape index (κ3) is 3.48. The van der Waals surface area contributed by atoms with Crippen LogP contribution >= 0.6 is 0 Å². The molecule has 4 aromatic heterocycles. The SMILES string of the molecule is CN1CC[C@@](O)(c2cncc(-c3ccn(-c4ccnc(Nc5ccn(C)n5)n4)n3)c2)C1=O. The van der Waals surface area contributed by atoms with Crippen LogP contribution < -0.4 is 5.32 Å². The average molecular weight is 431 g/mol. The molecule has 162 valence electrons. The first kappa shape index (κ1) is 19.8. The molecule has 11 nitrogen and oxygen atoms in total. The van der Waals surface area contributed by atoms with Crippen molar-refractivity contribution in [1.82, 2.24) is 39.4 Å². The summed E-state index contributed by atoms with van der Waals surface area (Å²) in [4.78, 5) is 26.9. The highest BCUT2D eigenvalue weighted by Crippen LogP contribution is 2.33. The molecule has 4 aromatic rings. The molecule has 0 aromatic carbocycles. The Morgan fingerprint density at radius 3 is 2.75 bits per heavy atom. The molecular formula is C21H21N9O2. The van der Waals surface area contributed by atoms with E-state index in [0.29, 0.717) is 47.4 Å². The smallest absolute Gasteiger partial charge is 0.259 e.